The fourth-order valence-corrected chi connectivity index (χ4v) is 4.48. The number of hydrogen-bond acceptors (Lipinski definition) is 4. The quantitative estimate of drug-likeness (QED) is 0.689. The molecule has 6 heteroatoms. The minimum absolute atomic E-state index is 0.0272. The number of amides is 2. The van der Waals surface area contributed by atoms with E-state index in [0.29, 0.717) is 12.5 Å². The largest absolute Gasteiger partial charge is 0.375 e. The van der Waals surface area contributed by atoms with Gasteiger partial charge in [-0.1, -0.05) is 19.1 Å². The number of ether oxygens (including phenoxy) is 2. The molecule has 2 aliphatic heterocycles. The van der Waals surface area contributed by atoms with Gasteiger partial charge in [-0.15, -0.1) is 0 Å². The number of carbonyl (C=O) groups excluding carboxylic acids is 2. The third-order valence-corrected chi connectivity index (χ3v) is 6.54. The first kappa shape index (κ1) is 20.3. The second kappa shape index (κ2) is 8.31. The van der Waals surface area contributed by atoms with Crippen molar-refractivity contribution >= 4 is 11.8 Å². The monoisotopic (exact) mass is 378 g/mol. The number of rotatable bonds is 5. The molecule has 2 saturated heterocycles. The maximum atomic E-state index is 13.0. The minimum atomic E-state index is -0.221. The second-order valence-electron chi connectivity index (χ2n) is 9.01. The Morgan fingerprint density at radius 3 is 2.59 bits per heavy atom. The highest BCUT2D eigenvalue weighted by Gasteiger charge is 2.45. The molecule has 1 aliphatic carbocycles. The molecule has 6 nitrogen and oxygen atoms in total. The van der Waals surface area contributed by atoms with Crippen LogP contribution in [0.1, 0.15) is 45.4 Å². The van der Waals surface area contributed by atoms with Crippen LogP contribution in [0.15, 0.2) is 12.2 Å². The molecule has 152 valence electrons. The Kier molecular flexibility index (Phi) is 6.26. The summed E-state index contributed by atoms with van der Waals surface area (Å²) in [5.41, 5.74) is -0.0511. The van der Waals surface area contributed by atoms with Crippen LogP contribution in [0.4, 0.5) is 0 Å². The van der Waals surface area contributed by atoms with Crippen molar-refractivity contribution in [1.82, 2.24) is 9.80 Å². The van der Waals surface area contributed by atoms with Gasteiger partial charge in [0, 0.05) is 27.2 Å². The van der Waals surface area contributed by atoms with E-state index in [9.17, 15) is 9.59 Å². The Bertz CT molecular complexity index is 581. The van der Waals surface area contributed by atoms with Crippen LogP contribution in [0, 0.1) is 10.8 Å². The maximum Gasteiger partial charge on any atom is 0.248 e. The molecule has 0 aromatic rings. The highest BCUT2D eigenvalue weighted by Crippen LogP contribution is 2.43. The van der Waals surface area contributed by atoms with E-state index in [1.807, 2.05) is 0 Å². The molecule has 2 heterocycles. The van der Waals surface area contributed by atoms with Gasteiger partial charge >= 0.3 is 0 Å². The molecule has 0 bridgehead atoms. The molecule has 0 aromatic carbocycles. The second-order valence-corrected chi connectivity index (χ2v) is 9.01. The van der Waals surface area contributed by atoms with Gasteiger partial charge in [-0.05, 0) is 43.9 Å². The molecular formula is C21H34N2O4. The Balaban J connectivity index is 1.44. The van der Waals surface area contributed by atoms with Crippen molar-refractivity contribution in [3.8, 4) is 0 Å². The lowest BCUT2D eigenvalue weighted by Gasteiger charge is -2.42. The predicted octanol–water partition coefficient (Wildman–Crippen LogP) is 2.24. The van der Waals surface area contributed by atoms with E-state index in [-0.39, 0.29) is 29.4 Å². The summed E-state index contributed by atoms with van der Waals surface area (Å²) in [6, 6.07) is 0. The molecule has 1 spiro atoms. The van der Waals surface area contributed by atoms with Crippen LogP contribution >= 0.6 is 0 Å². The van der Waals surface area contributed by atoms with Gasteiger partial charge in [0.1, 0.15) is 6.61 Å². The van der Waals surface area contributed by atoms with Crippen molar-refractivity contribution in [2.24, 2.45) is 10.8 Å². The van der Waals surface area contributed by atoms with Gasteiger partial charge in [0.15, 0.2) is 0 Å². The lowest BCUT2D eigenvalue weighted by Crippen LogP contribution is -2.49. The van der Waals surface area contributed by atoms with Gasteiger partial charge in [-0.2, -0.15) is 0 Å². The Labute approximate surface area is 162 Å². The van der Waals surface area contributed by atoms with Gasteiger partial charge in [0.05, 0.1) is 24.7 Å². The molecular weight excluding hydrogens is 344 g/mol. The third kappa shape index (κ3) is 4.72. The fourth-order valence-electron chi connectivity index (χ4n) is 4.48. The zero-order valence-corrected chi connectivity index (χ0v) is 17.0. The van der Waals surface area contributed by atoms with Crippen molar-refractivity contribution in [3.63, 3.8) is 0 Å². The molecule has 2 fully saturated rings. The SMILES string of the molecule is CN(C)C(=O)COCC1CC2(CCN(C(=O)C3(C)CC=CCC3)CC2)CO1. The van der Waals surface area contributed by atoms with E-state index in [1.165, 1.54) is 4.90 Å². The number of allylic oxidation sites excluding steroid dienone is 2. The molecule has 0 radical (unpaired) electrons. The number of likely N-dealkylation sites (tertiary alicyclic amines) is 1. The molecule has 0 N–H and O–H groups in total. The molecule has 3 aliphatic rings. The highest BCUT2D eigenvalue weighted by atomic mass is 16.5. The molecule has 2 unspecified atom stereocenters. The lowest BCUT2D eigenvalue weighted by molar-refractivity contribution is -0.144. The Morgan fingerprint density at radius 1 is 1.22 bits per heavy atom. The molecule has 2 amide bonds. The van der Waals surface area contributed by atoms with E-state index >= 15 is 0 Å². The summed E-state index contributed by atoms with van der Waals surface area (Å²) >= 11 is 0. The summed E-state index contributed by atoms with van der Waals surface area (Å²) in [6.45, 7) is 5.08. The van der Waals surface area contributed by atoms with Gasteiger partial charge in [-0.25, -0.2) is 0 Å². The maximum absolute atomic E-state index is 13.0. The topological polar surface area (TPSA) is 59.1 Å². The van der Waals surface area contributed by atoms with Gasteiger partial charge < -0.3 is 19.3 Å². The number of piperidine rings is 1. The smallest absolute Gasteiger partial charge is 0.248 e. The highest BCUT2D eigenvalue weighted by molar-refractivity contribution is 5.82. The molecule has 2 atom stereocenters. The van der Waals surface area contributed by atoms with Crippen molar-refractivity contribution in [1.29, 1.82) is 0 Å². The van der Waals surface area contributed by atoms with Crippen molar-refractivity contribution in [2.45, 2.75) is 51.6 Å². The zero-order valence-electron chi connectivity index (χ0n) is 17.0. The summed E-state index contributed by atoms with van der Waals surface area (Å²) in [7, 11) is 3.46. The van der Waals surface area contributed by atoms with E-state index in [4.69, 9.17) is 9.47 Å². The van der Waals surface area contributed by atoms with Crippen molar-refractivity contribution in [2.75, 3.05) is 47.0 Å². The summed E-state index contributed by atoms with van der Waals surface area (Å²) < 4.78 is 11.5. The normalized spacial score (nSPS) is 29.9. The first-order chi connectivity index (χ1) is 12.8. The van der Waals surface area contributed by atoms with E-state index < -0.39 is 0 Å². The van der Waals surface area contributed by atoms with Crippen LogP contribution in [0.2, 0.25) is 0 Å². The molecule has 0 aromatic heterocycles. The van der Waals surface area contributed by atoms with E-state index in [0.717, 1.165) is 58.2 Å². The molecule has 27 heavy (non-hydrogen) atoms. The van der Waals surface area contributed by atoms with Crippen LogP contribution < -0.4 is 0 Å². The first-order valence-corrected chi connectivity index (χ1v) is 10.2. The summed E-state index contributed by atoms with van der Waals surface area (Å²) in [5.74, 6) is 0.295. The van der Waals surface area contributed by atoms with Gasteiger partial charge in [0.2, 0.25) is 11.8 Å². The number of carbonyl (C=O) groups is 2. The number of nitrogens with zero attached hydrogens (tertiary/aromatic N) is 2. The predicted molar refractivity (Wildman–Crippen MR) is 103 cm³/mol. The van der Waals surface area contributed by atoms with Crippen LogP contribution in [0.3, 0.4) is 0 Å². The summed E-state index contributed by atoms with van der Waals surface area (Å²) in [6.07, 6.45) is 10.2. The van der Waals surface area contributed by atoms with Gasteiger partial charge in [0.25, 0.3) is 0 Å². The first-order valence-electron chi connectivity index (χ1n) is 10.2. The zero-order chi connectivity index (χ0) is 19.5. The van der Waals surface area contributed by atoms with Crippen LogP contribution in [0.5, 0.6) is 0 Å². The van der Waals surface area contributed by atoms with E-state index in [2.05, 4.69) is 24.0 Å². The number of likely N-dealkylation sites (N-methyl/N-ethyl adjacent to an activating group) is 1. The Hall–Kier alpha value is -1.40. The summed E-state index contributed by atoms with van der Waals surface area (Å²) in [5, 5.41) is 0. The van der Waals surface area contributed by atoms with Crippen molar-refractivity contribution < 1.29 is 19.1 Å². The van der Waals surface area contributed by atoms with E-state index in [1.54, 1.807) is 14.1 Å². The van der Waals surface area contributed by atoms with Gasteiger partial charge in [-0.3, -0.25) is 9.59 Å². The van der Waals surface area contributed by atoms with Crippen LogP contribution in [-0.4, -0.2) is 74.7 Å². The average Bonchev–Trinajstić information content (AvgIpc) is 3.05. The minimum Gasteiger partial charge on any atom is -0.375 e. The number of hydrogen-bond donors (Lipinski definition) is 0. The Morgan fingerprint density at radius 2 is 1.96 bits per heavy atom. The average molecular weight is 379 g/mol. The molecule has 0 saturated carbocycles. The lowest BCUT2D eigenvalue weighted by atomic mass is 9.74. The fraction of sp³-hybridized carbons (Fsp3) is 0.810. The van der Waals surface area contributed by atoms with Crippen molar-refractivity contribution in [3.05, 3.63) is 12.2 Å². The third-order valence-electron chi connectivity index (χ3n) is 6.54. The van der Waals surface area contributed by atoms with Crippen LogP contribution in [0.25, 0.3) is 0 Å². The summed E-state index contributed by atoms with van der Waals surface area (Å²) in [4.78, 5) is 28.2. The standard InChI is InChI=1S/C21H34N2O4/c1-20(7-5-4-6-8-20)19(25)23-11-9-21(10-12-23)13-17(27-16-21)14-26-15-18(24)22(2)3/h4-5,17H,6-16H2,1-3H3. The molecule has 3 rings (SSSR count). The van der Waals surface area contributed by atoms with Crippen LogP contribution in [-0.2, 0) is 19.1 Å².